The molecule has 1 rings (SSSR count). The van der Waals surface area contributed by atoms with E-state index in [1.165, 1.54) is 19.1 Å². The van der Waals surface area contributed by atoms with Crippen LogP contribution in [-0.4, -0.2) is 25.7 Å². The third-order valence-electron chi connectivity index (χ3n) is 2.81. The van der Waals surface area contributed by atoms with Gasteiger partial charge in [-0.1, -0.05) is 6.07 Å². The van der Waals surface area contributed by atoms with Gasteiger partial charge in [-0.05, 0) is 45.5 Å². The molecular weight excluding hydrogens is 249 g/mol. The number of benzene rings is 1. The van der Waals surface area contributed by atoms with E-state index in [0.29, 0.717) is 0 Å². The topological polar surface area (TPSA) is 47.6 Å². The standard InChI is InChI=1S/C14H20FNO3/c1-5-18-14(17)10(3)19-13-7-6-11(8-12(13)15)9(2)16-4/h6-10,16H,5H2,1-4H3. The maximum atomic E-state index is 13.9. The Bertz CT molecular complexity index is 437. The number of ether oxygens (including phenoxy) is 2. The van der Waals surface area contributed by atoms with E-state index in [0.717, 1.165) is 5.56 Å². The molecule has 19 heavy (non-hydrogen) atoms. The van der Waals surface area contributed by atoms with Crippen molar-refractivity contribution in [1.82, 2.24) is 5.32 Å². The van der Waals surface area contributed by atoms with E-state index in [1.54, 1.807) is 20.0 Å². The van der Waals surface area contributed by atoms with Crippen LogP contribution in [0.1, 0.15) is 32.4 Å². The first-order chi connectivity index (χ1) is 8.99. The van der Waals surface area contributed by atoms with Gasteiger partial charge in [-0.2, -0.15) is 0 Å². The molecule has 0 radical (unpaired) electrons. The molecule has 0 amide bonds. The maximum Gasteiger partial charge on any atom is 0.347 e. The lowest BCUT2D eigenvalue weighted by atomic mass is 10.1. The number of carbonyl (C=O) groups excluding carboxylic acids is 1. The van der Waals surface area contributed by atoms with Gasteiger partial charge in [0.15, 0.2) is 17.7 Å². The zero-order valence-corrected chi connectivity index (χ0v) is 11.7. The summed E-state index contributed by atoms with van der Waals surface area (Å²) in [6.07, 6.45) is -0.831. The van der Waals surface area contributed by atoms with Gasteiger partial charge in [0.2, 0.25) is 0 Å². The number of carbonyl (C=O) groups is 1. The quantitative estimate of drug-likeness (QED) is 0.806. The molecule has 0 saturated carbocycles. The fourth-order valence-electron chi connectivity index (χ4n) is 1.55. The van der Waals surface area contributed by atoms with Gasteiger partial charge in [-0.25, -0.2) is 9.18 Å². The first-order valence-electron chi connectivity index (χ1n) is 6.29. The lowest BCUT2D eigenvalue weighted by Gasteiger charge is -2.16. The molecule has 1 aromatic carbocycles. The van der Waals surface area contributed by atoms with Crippen molar-refractivity contribution in [3.8, 4) is 5.75 Å². The van der Waals surface area contributed by atoms with Crippen LogP contribution in [0.25, 0.3) is 0 Å². The molecule has 2 atom stereocenters. The molecule has 0 bridgehead atoms. The smallest absolute Gasteiger partial charge is 0.347 e. The van der Waals surface area contributed by atoms with Crippen molar-refractivity contribution in [3.63, 3.8) is 0 Å². The first-order valence-corrected chi connectivity index (χ1v) is 6.29. The van der Waals surface area contributed by atoms with Crippen LogP contribution in [0.3, 0.4) is 0 Å². The van der Waals surface area contributed by atoms with Crippen molar-refractivity contribution in [3.05, 3.63) is 29.6 Å². The fraction of sp³-hybridized carbons (Fsp3) is 0.500. The molecule has 0 heterocycles. The molecule has 106 valence electrons. The lowest BCUT2D eigenvalue weighted by molar-refractivity contribution is -0.150. The van der Waals surface area contributed by atoms with Gasteiger partial charge in [-0.3, -0.25) is 0 Å². The normalized spacial score (nSPS) is 13.7. The summed E-state index contributed by atoms with van der Waals surface area (Å²) < 4.78 is 23.9. The molecule has 5 heteroatoms. The van der Waals surface area contributed by atoms with Crippen LogP contribution in [0.15, 0.2) is 18.2 Å². The Balaban J connectivity index is 2.77. The summed E-state index contributed by atoms with van der Waals surface area (Å²) in [4.78, 5) is 11.4. The highest BCUT2D eigenvalue weighted by Gasteiger charge is 2.18. The molecular formula is C14H20FNO3. The zero-order valence-electron chi connectivity index (χ0n) is 11.7. The van der Waals surface area contributed by atoms with Crippen molar-refractivity contribution in [2.75, 3.05) is 13.7 Å². The summed E-state index contributed by atoms with van der Waals surface area (Å²) in [5.74, 6) is -0.946. The van der Waals surface area contributed by atoms with Gasteiger partial charge >= 0.3 is 5.97 Å². The third kappa shape index (κ3) is 4.21. The Morgan fingerprint density at radius 3 is 2.63 bits per heavy atom. The molecule has 2 unspecified atom stereocenters. The molecule has 0 aliphatic heterocycles. The highest BCUT2D eigenvalue weighted by molar-refractivity contribution is 5.74. The van der Waals surface area contributed by atoms with Gasteiger partial charge in [0, 0.05) is 6.04 Å². The zero-order chi connectivity index (χ0) is 14.4. The van der Waals surface area contributed by atoms with Gasteiger partial charge in [-0.15, -0.1) is 0 Å². The summed E-state index contributed by atoms with van der Waals surface area (Å²) in [5, 5.41) is 3.02. The van der Waals surface area contributed by atoms with Crippen LogP contribution in [-0.2, 0) is 9.53 Å². The van der Waals surface area contributed by atoms with Crippen molar-refractivity contribution < 1.29 is 18.7 Å². The molecule has 0 saturated heterocycles. The van der Waals surface area contributed by atoms with Crippen LogP contribution in [0.5, 0.6) is 5.75 Å². The summed E-state index contributed by atoms with van der Waals surface area (Å²) in [5.41, 5.74) is 0.816. The number of nitrogens with one attached hydrogen (secondary N) is 1. The Kier molecular flexibility index (Phi) is 5.76. The van der Waals surface area contributed by atoms with Gasteiger partial charge < -0.3 is 14.8 Å². The van der Waals surface area contributed by atoms with Crippen molar-refractivity contribution in [2.24, 2.45) is 0 Å². The average Bonchev–Trinajstić information content (AvgIpc) is 2.40. The summed E-state index contributed by atoms with van der Waals surface area (Å²) in [7, 11) is 1.80. The van der Waals surface area contributed by atoms with Gasteiger partial charge in [0.25, 0.3) is 0 Å². The molecule has 0 spiro atoms. The van der Waals surface area contributed by atoms with E-state index in [2.05, 4.69) is 5.32 Å². The second kappa shape index (κ2) is 7.09. The van der Waals surface area contributed by atoms with Crippen LogP contribution in [0.2, 0.25) is 0 Å². The van der Waals surface area contributed by atoms with E-state index >= 15 is 0 Å². The molecule has 0 aromatic heterocycles. The maximum absolute atomic E-state index is 13.9. The summed E-state index contributed by atoms with van der Waals surface area (Å²) >= 11 is 0. The number of esters is 1. The predicted octanol–water partition coefficient (Wildman–Crippen LogP) is 2.44. The Morgan fingerprint density at radius 1 is 1.42 bits per heavy atom. The minimum atomic E-state index is -0.831. The van der Waals surface area contributed by atoms with Crippen LogP contribution >= 0.6 is 0 Å². The van der Waals surface area contributed by atoms with E-state index in [9.17, 15) is 9.18 Å². The molecule has 1 aromatic rings. The highest BCUT2D eigenvalue weighted by atomic mass is 19.1. The predicted molar refractivity (Wildman–Crippen MR) is 70.6 cm³/mol. The lowest BCUT2D eigenvalue weighted by Crippen LogP contribution is -2.26. The Hall–Kier alpha value is -1.62. The van der Waals surface area contributed by atoms with Crippen LogP contribution in [0.4, 0.5) is 4.39 Å². The monoisotopic (exact) mass is 269 g/mol. The Morgan fingerprint density at radius 2 is 2.11 bits per heavy atom. The minimum Gasteiger partial charge on any atom is -0.476 e. The number of rotatable bonds is 6. The average molecular weight is 269 g/mol. The van der Waals surface area contributed by atoms with Gasteiger partial charge in [0.05, 0.1) is 6.61 Å². The minimum absolute atomic E-state index is 0.0473. The molecule has 4 nitrogen and oxygen atoms in total. The summed E-state index contributed by atoms with van der Waals surface area (Å²) in [6, 6.07) is 4.73. The third-order valence-corrected chi connectivity index (χ3v) is 2.81. The van der Waals surface area contributed by atoms with Crippen molar-refractivity contribution in [2.45, 2.75) is 32.9 Å². The van der Waals surface area contributed by atoms with E-state index < -0.39 is 17.9 Å². The first kappa shape index (κ1) is 15.4. The highest BCUT2D eigenvalue weighted by Crippen LogP contribution is 2.23. The Labute approximate surface area is 112 Å². The summed E-state index contributed by atoms with van der Waals surface area (Å²) in [6.45, 7) is 5.44. The van der Waals surface area contributed by atoms with Crippen LogP contribution < -0.4 is 10.1 Å². The number of hydrogen-bond acceptors (Lipinski definition) is 4. The van der Waals surface area contributed by atoms with Gasteiger partial charge in [0.1, 0.15) is 0 Å². The molecule has 0 aliphatic rings. The van der Waals surface area contributed by atoms with E-state index in [1.807, 2.05) is 6.92 Å². The van der Waals surface area contributed by atoms with Crippen molar-refractivity contribution in [1.29, 1.82) is 0 Å². The number of hydrogen-bond donors (Lipinski definition) is 1. The van der Waals surface area contributed by atoms with Crippen molar-refractivity contribution >= 4 is 5.97 Å². The van der Waals surface area contributed by atoms with E-state index in [4.69, 9.17) is 9.47 Å². The van der Waals surface area contributed by atoms with Crippen LogP contribution in [0, 0.1) is 5.82 Å². The van der Waals surface area contributed by atoms with E-state index in [-0.39, 0.29) is 18.4 Å². The molecule has 0 aliphatic carbocycles. The largest absolute Gasteiger partial charge is 0.476 e. The molecule has 0 fully saturated rings. The number of halogens is 1. The second-order valence-corrected chi connectivity index (χ2v) is 4.21. The molecule has 1 N–H and O–H groups in total. The fourth-order valence-corrected chi connectivity index (χ4v) is 1.55. The second-order valence-electron chi connectivity index (χ2n) is 4.21. The SMILES string of the molecule is CCOC(=O)C(C)Oc1ccc(C(C)NC)cc1F.